The van der Waals surface area contributed by atoms with Crippen LogP contribution in [-0.4, -0.2) is 39.4 Å². The highest BCUT2D eigenvalue weighted by atomic mass is 16.4. The molecular formula is C20H16N4O4. The lowest BCUT2D eigenvalue weighted by Gasteiger charge is -2.13. The summed E-state index contributed by atoms with van der Waals surface area (Å²) in [5, 5.41) is 10.5. The SMILES string of the molecule is O=C(CCN1C(=O)c2ccccc2C1=O)NCc1nnc(-c2ccccc2)o1. The zero-order valence-corrected chi connectivity index (χ0v) is 14.8. The molecule has 0 spiro atoms. The number of hydrogen-bond acceptors (Lipinski definition) is 6. The highest BCUT2D eigenvalue weighted by Crippen LogP contribution is 2.22. The first-order valence-corrected chi connectivity index (χ1v) is 8.73. The Hall–Kier alpha value is -3.81. The van der Waals surface area contributed by atoms with Gasteiger partial charge in [-0.05, 0) is 24.3 Å². The summed E-state index contributed by atoms with van der Waals surface area (Å²) in [5.41, 5.74) is 1.53. The lowest BCUT2D eigenvalue weighted by atomic mass is 10.1. The van der Waals surface area contributed by atoms with Crippen molar-refractivity contribution in [3.8, 4) is 11.5 Å². The monoisotopic (exact) mass is 376 g/mol. The van der Waals surface area contributed by atoms with Crippen molar-refractivity contribution in [2.45, 2.75) is 13.0 Å². The van der Waals surface area contributed by atoms with Gasteiger partial charge in [0, 0.05) is 18.5 Å². The van der Waals surface area contributed by atoms with Crippen molar-refractivity contribution in [2.75, 3.05) is 6.54 Å². The minimum absolute atomic E-state index is 0.00878. The van der Waals surface area contributed by atoms with E-state index in [9.17, 15) is 14.4 Å². The van der Waals surface area contributed by atoms with Gasteiger partial charge in [-0.15, -0.1) is 10.2 Å². The van der Waals surface area contributed by atoms with Crippen molar-refractivity contribution in [2.24, 2.45) is 0 Å². The van der Waals surface area contributed by atoms with E-state index in [1.54, 1.807) is 24.3 Å². The lowest BCUT2D eigenvalue weighted by molar-refractivity contribution is -0.121. The van der Waals surface area contributed by atoms with Crippen molar-refractivity contribution < 1.29 is 18.8 Å². The number of nitrogens with zero attached hydrogens (tertiary/aromatic N) is 3. The van der Waals surface area contributed by atoms with Crippen LogP contribution >= 0.6 is 0 Å². The first-order valence-electron chi connectivity index (χ1n) is 8.73. The van der Waals surface area contributed by atoms with E-state index in [1.165, 1.54) is 0 Å². The van der Waals surface area contributed by atoms with Crippen molar-refractivity contribution >= 4 is 17.7 Å². The molecule has 2 heterocycles. The topological polar surface area (TPSA) is 105 Å². The second kappa shape index (κ2) is 7.43. The second-order valence-electron chi connectivity index (χ2n) is 6.20. The molecule has 0 bridgehead atoms. The van der Waals surface area contributed by atoms with Crippen molar-refractivity contribution in [1.29, 1.82) is 0 Å². The normalized spacial score (nSPS) is 12.9. The maximum absolute atomic E-state index is 12.3. The van der Waals surface area contributed by atoms with Gasteiger partial charge in [0.1, 0.15) is 0 Å². The summed E-state index contributed by atoms with van der Waals surface area (Å²) in [6.45, 7) is 0.0814. The first-order chi connectivity index (χ1) is 13.6. The van der Waals surface area contributed by atoms with Crippen LogP contribution in [0.4, 0.5) is 0 Å². The third-order valence-electron chi connectivity index (χ3n) is 4.37. The Morgan fingerprint density at radius 3 is 2.25 bits per heavy atom. The molecule has 4 rings (SSSR count). The van der Waals surface area contributed by atoms with E-state index in [1.807, 2.05) is 30.3 Å². The number of nitrogens with one attached hydrogen (secondary N) is 1. The van der Waals surface area contributed by atoms with Gasteiger partial charge in [0.15, 0.2) is 0 Å². The predicted octanol–water partition coefficient (Wildman–Crippen LogP) is 2.04. The molecule has 0 unspecified atom stereocenters. The minimum Gasteiger partial charge on any atom is -0.419 e. The second-order valence-corrected chi connectivity index (χ2v) is 6.20. The average molecular weight is 376 g/mol. The molecular weight excluding hydrogens is 360 g/mol. The van der Waals surface area contributed by atoms with Crippen LogP contribution in [0, 0.1) is 0 Å². The molecule has 1 N–H and O–H groups in total. The number of hydrogen-bond donors (Lipinski definition) is 1. The highest BCUT2D eigenvalue weighted by molar-refractivity contribution is 6.21. The zero-order valence-electron chi connectivity index (χ0n) is 14.8. The van der Waals surface area contributed by atoms with Gasteiger partial charge in [-0.2, -0.15) is 0 Å². The van der Waals surface area contributed by atoms with Gasteiger partial charge in [-0.1, -0.05) is 30.3 Å². The number of rotatable bonds is 6. The van der Waals surface area contributed by atoms with Crippen LogP contribution in [0.25, 0.3) is 11.5 Å². The predicted molar refractivity (Wildman–Crippen MR) is 98.0 cm³/mol. The molecule has 1 aliphatic heterocycles. The van der Waals surface area contributed by atoms with Gasteiger partial charge < -0.3 is 9.73 Å². The molecule has 1 aliphatic rings. The summed E-state index contributed by atoms with van der Waals surface area (Å²) in [7, 11) is 0. The molecule has 8 nitrogen and oxygen atoms in total. The fourth-order valence-corrected chi connectivity index (χ4v) is 2.94. The summed E-state index contributed by atoms with van der Waals surface area (Å²) < 4.78 is 5.52. The van der Waals surface area contributed by atoms with Crippen molar-refractivity contribution in [1.82, 2.24) is 20.4 Å². The first kappa shape index (κ1) is 17.6. The molecule has 3 aromatic rings. The Morgan fingerprint density at radius 1 is 0.929 bits per heavy atom. The number of carbonyl (C=O) groups excluding carboxylic acids is 3. The number of aromatic nitrogens is 2. The molecule has 0 saturated carbocycles. The summed E-state index contributed by atoms with van der Waals surface area (Å²) in [4.78, 5) is 37.7. The van der Waals surface area contributed by atoms with Crippen LogP contribution in [0.5, 0.6) is 0 Å². The molecule has 0 aliphatic carbocycles. The molecule has 0 saturated heterocycles. The smallest absolute Gasteiger partial charge is 0.261 e. The summed E-state index contributed by atoms with van der Waals surface area (Å²) in [6.07, 6.45) is -0.00878. The standard InChI is InChI=1S/C20H16N4O4/c25-16(10-11-24-19(26)14-8-4-5-9-15(14)20(24)27)21-12-17-22-23-18(28-17)13-6-2-1-3-7-13/h1-9H,10-12H2,(H,21,25). The molecule has 3 amide bonds. The number of fused-ring (bicyclic) bond motifs is 1. The van der Waals surface area contributed by atoms with Crippen LogP contribution in [-0.2, 0) is 11.3 Å². The maximum Gasteiger partial charge on any atom is 0.261 e. The number of imide groups is 1. The summed E-state index contributed by atoms with van der Waals surface area (Å²) >= 11 is 0. The molecule has 140 valence electrons. The zero-order chi connectivity index (χ0) is 19.5. The molecule has 28 heavy (non-hydrogen) atoms. The Balaban J connectivity index is 1.30. The average Bonchev–Trinajstić information content (AvgIpc) is 3.30. The number of amides is 3. The molecule has 8 heteroatoms. The van der Waals surface area contributed by atoms with Gasteiger partial charge in [0.2, 0.25) is 17.7 Å². The lowest BCUT2D eigenvalue weighted by Crippen LogP contribution is -2.34. The van der Waals surface area contributed by atoms with E-state index in [-0.39, 0.29) is 43.1 Å². The van der Waals surface area contributed by atoms with E-state index < -0.39 is 0 Å². The Morgan fingerprint density at radius 2 is 1.57 bits per heavy atom. The quantitative estimate of drug-likeness (QED) is 0.660. The van der Waals surface area contributed by atoms with E-state index in [2.05, 4.69) is 15.5 Å². The van der Waals surface area contributed by atoms with Crippen molar-refractivity contribution in [3.63, 3.8) is 0 Å². The van der Waals surface area contributed by atoms with Gasteiger partial charge in [0.05, 0.1) is 17.7 Å². The van der Waals surface area contributed by atoms with Gasteiger partial charge in [-0.25, -0.2) is 0 Å². The Labute approximate surface area is 160 Å². The highest BCUT2D eigenvalue weighted by Gasteiger charge is 2.34. The minimum atomic E-state index is -0.377. The van der Waals surface area contributed by atoms with Crippen molar-refractivity contribution in [3.05, 3.63) is 71.6 Å². The van der Waals surface area contributed by atoms with E-state index in [4.69, 9.17) is 4.42 Å². The molecule has 0 radical (unpaired) electrons. The number of benzene rings is 2. The maximum atomic E-state index is 12.3. The third-order valence-corrected chi connectivity index (χ3v) is 4.37. The largest absolute Gasteiger partial charge is 0.419 e. The molecule has 1 aromatic heterocycles. The summed E-state index contributed by atoms with van der Waals surface area (Å²) in [6, 6.07) is 15.9. The van der Waals surface area contributed by atoms with Crippen LogP contribution in [0.15, 0.2) is 59.0 Å². The van der Waals surface area contributed by atoms with Crippen LogP contribution in [0.1, 0.15) is 33.0 Å². The van der Waals surface area contributed by atoms with Crippen LogP contribution < -0.4 is 5.32 Å². The molecule has 0 atom stereocenters. The van der Waals surface area contributed by atoms with E-state index >= 15 is 0 Å². The Kier molecular flexibility index (Phi) is 4.67. The summed E-state index contributed by atoms with van der Waals surface area (Å²) in [5.74, 6) is -0.435. The fraction of sp³-hybridized carbons (Fsp3) is 0.150. The molecule has 0 fully saturated rings. The third kappa shape index (κ3) is 3.39. The fourth-order valence-electron chi connectivity index (χ4n) is 2.94. The van der Waals surface area contributed by atoms with E-state index in [0.29, 0.717) is 17.0 Å². The van der Waals surface area contributed by atoms with Gasteiger partial charge in [-0.3, -0.25) is 19.3 Å². The van der Waals surface area contributed by atoms with Gasteiger partial charge >= 0.3 is 0 Å². The molecule has 2 aromatic carbocycles. The van der Waals surface area contributed by atoms with E-state index in [0.717, 1.165) is 10.5 Å². The van der Waals surface area contributed by atoms with Crippen LogP contribution in [0.3, 0.4) is 0 Å². The number of carbonyl (C=O) groups is 3. The Bertz CT molecular complexity index is 1010. The van der Waals surface area contributed by atoms with Crippen LogP contribution in [0.2, 0.25) is 0 Å². The van der Waals surface area contributed by atoms with Gasteiger partial charge in [0.25, 0.3) is 11.8 Å².